The Morgan fingerprint density at radius 3 is 2.52 bits per heavy atom. The summed E-state index contributed by atoms with van der Waals surface area (Å²) >= 11 is 0. The van der Waals surface area contributed by atoms with Crippen LogP contribution in [0.25, 0.3) is 10.4 Å². The Morgan fingerprint density at radius 1 is 1.26 bits per heavy atom. The van der Waals surface area contributed by atoms with Gasteiger partial charge in [0.25, 0.3) is 0 Å². The van der Waals surface area contributed by atoms with E-state index < -0.39 is 29.8 Å². The maximum Gasteiger partial charge on any atom is 0.408 e. The minimum atomic E-state index is -0.992. The van der Waals surface area contributed by atoms with Gasteiger partial charge in [0.2, 0.25) is 0 Å². The van der Waals surface area contributed by atoms with Crippen LogP contribution < -0.4 is 5.32 Å². The highest BCUT2D eigenvalue weighted by Gasteiger charge is 2.27. The maximum atomic E-state index is 12.3. The molecule has 0 aliphatic heterocycles. The van der Waals surface area contributed by atoms with Gasteiger partial charge < -0.3 is 19.9 Å². The number of benzene rings is 1. The molecule has 0 bridgehead atoms. The van der Waals surface area contributed by atoms with E-state index in [0.29, 0.717) is 0 Å². The molecule has 0 aromatic heterocycles. The van der Waals surface area contributed by atoms with E-state index in [0.717, 1.165) is 5.56 Å². The van der Waals surface area contributed by atoms with Gasteiger partial charge in [0.15, 0.2) is 0 Å². The van der Waals surface area contributed by atoms with Crippen molar-refractivity contribution in [3.8, 4) is 0 Å². The van der Waals surface area contributed by atoms with Crippen LogP contribution in [0.2, 0.25) is 0 Å². The molecule has 1 aromatic carbocycles. The van der Waals surface area contributed by atoms with Gasteiger partial charge in [0, 0.05) is 4.91 Å². The van der Waals surface area contributed by atoms with E-state index in [4.69, 9.17) is 15.0 Å². The Labute approximate surface area is 158 Å². The summed E-state index contributed by atoms with van der Waals surface area (Å²) in [5, 5.41) is 15.5. The molecule has 0 saturated carbocycles. The predicted molar refractivity (Wildman–Crippen MR) is 98.6 cm³/mol. The first-order valence-electron chi connectivity index (χ1n) is 8.60. The summed E-state index contributed by atoms with van der Waals surface area (Å²) in [4.78, 5) is 27.0. The zero-order valence-electron chi connectivity index (χ0n) is 15.8. The van der Waals surface area contributed by atoms with Gasteiger partial charge in [-0.1, -0.05) is 35.4 Å². The Balaban J connectivity index is 2.64. The number of carbonyl (C=O) groups excluding carboxylic acids is 2. The molecule has 0 saturated heterocycles. The topological polar surface area (TPSA) is 134 Å². The highest BCUT2D eigenvalue weighted by atomic mass is 16.6. The van der Waals surface area contributed by atoms with Gasteiger partial charge in [-0.2, -0.15) is 0 Å². The Kier molecular flexibility index (Phi) is 9.12. The van der Waals surface area contributed by atoms with E-state index in [1.807, 2.05) is 30.3 Å². The molecular weight excluding hydrogens is 352 g/mol. The SMILES string of the molecule is CC(C)(C)OC(=O)[C@H](CC[C@@H](O)CN=[N+]=[N-])NC(=O)OCc1ccccc1. The van der Waals surface area contributed by atoms with Gasteiger partial charge >= 0.3 is 12.1 Å². The molecule has 0 radical (unpaired) electrons. The van der Waals surface area contributed by atoms with E-state index in [1.54, 1.807) is 20.8 Å². The monoisotopic (exact) mass is 378 g/mol. The summed E-state index contributed by atoms with van der Waals surface area (Å²) in [6, 6.07) is 8.13. The third-order valence-electron chi connectivity index (χ3n) is 3.34. The first kappa shape index (κ1) is 22.3. The van der Waals surface area contributed by atoms with Crippen molar-refractivity contribution in [1.82, 2.24) is 5.32 Å². The minimum Gasteiger partial charge on any atom is -0.458 e. The lowest BCUT2D eigenvalue weighted by Crippen LogP contribution is -2.44. The number of nitrogens with zero attached hydrogens (tertiary/aromatic N) is 3. The second-order valence-corrected chi connectivity index (χ2v) is 6.94. The van der Waals surface area contributed by atoms with Gasteiger partial charge in [-0.25, -0.2) is 9.59 Å². The van der Waals surface area contributed by atoms with Crippen LogP contribution >= 0.6 is 0 Å². The van der Waals surface area contributed by atoms with Crippen molar-refractivity contribution in [1.29, 1.82) is 0 Å². The molecule has 2 N–H and O–H groups in total. The molecule has 1 aromatic rings. The fraction of sp³-hybridized carbons (Fsp3) is 0.556. The number of amides is 1. The summed E-state index contributed by atoms with van der Waals surface area (Å²) in [5.74, 6) is -0.629. The average molecular weight is 378 g/mol. The highest BCUT2D eigenvalue weighted by molar-refractivity contribution is 5.81. The van der Waals surface area contributed by atoms with Crippen LogP contribution in [0.3, 0.4) is 0 Å². The minimum absolute atomic E-state index is 0.0627. The normalized spacial score (nSPS) is 13.0. The molecule has 1 amide bonds. The second kappa shape index (κ2) is 11.1. The van der Waals surface area contributed by atoms with Crippen molar-refractivity contribution in [2.45, 2.75) is 58.0 Å². The average Bonchev–Trinajstić information content (AvgIpc) is 2.61. The summed E-state index contributed by atoms with van der Waals surface area (Å²) in [6.45, 7) is 5.09. The van der Waals surface area contributed by atoms with E-state index in [2.05, 4.69) is 15.3 Å². The Morgan fingerprint density at radius 2 is 1.93 bits per heavy atom. The molecule has 0 aliphatic carbocycles. The fourth-order valence-electron chi connectivity index (χ4n) is 2.11. The van der Waals surface area contributed by atoms with Crippen LogP contribution in [0.1, 0.15) is 39.2 Å². The highest BCUT2D eigenvalue weighted by Crippen LogP contribution is 2.12. The van der Waals surface area contributed by atoms with Gasteiger partial charge in [0.05, 0.1) is 12.6 Å². The fourth-order valence-corrected chi connectivity index (χ4v) is 2.11. The summed E-state index contributed by atoms with van der Waals surface area (Å²) in [6.07, 6.45) is -1.44. The molecule has 27 heavy (non-hydrogen) atoms. The number of carbonyl (C=O) groups is 2. The first-order valence-corrected chi connectivity index (χ1v) is 8.60. The molecule has 0 fully saturated rings. The summed E-state index contributed by atoms with van der Waals surface area (Å²) < 4.78 is 10.4. The predicted octanol–water partition coefficient (Wildman–Crippen LogP) is 3.07. The van der Waals surface area contributed by atoms with E-state index in [1.165, 1.54) is 0 Å². The zero-order chi connectivity index (χ0) is 20.3. The van der Waals surface area contributed by atoms with Crippen LogP contribution in [-0.4, -0.2) is 41.5 Å². The standard InChI is InChI=1S/C18H26N4O5/c1-18(2,3)27-16(24)15(10-9-14(23)11-20-22-19)21-17(25)26-12-13-7-5-4-6-8-13/h4-8,14-15,23H,9-12H2,1-3H3,(H,21,25)/t14-,15+/m1/s1. The number of alkyl carbamates (subject to hydrolysis) is 1. The Hall–Kier alpha value is -2.77. The van der Waals surface area contributed by atoms with Crippen LogP contribution in [0.15, 0.2) is 35.4 Å². The largest absolute Gasteiger partial charge is 0.458 e. The van der Waals surface area contributed by atoms with Gasteiger partial charge in [-0.05, 0) is 44.7 Å². The van der Waals surface area contributed by atoms with Gasteiger partial charge in [-0.15, -0.1) is 0 Å². The summed E-state index contributed by atoms with van der Waals surface area (Å²) in [7, 11) is 0. The molecule has 0 heterocycles. The van der Waals surface area contributed by atoms with Gasteiger partial charge in [-0.3, -0.25) is 0 Å². The van der Waals surface area contributed by atoms with Crippen LogP contribution in [-0.2, 0) is 20.9 Å². The number of nitrogens with one attached hydrogen (secondary N) is 1. The first-order chi connectivity index (χ1) is 12.7. The molecule has 9 heteroatoms. The second-order valence-electron chi connectivity index (χ2n) is 6.94. The summed E-state index contributed by atoms with van der Waals surface area (Å²) in [5.41, 5.74) is 8.36. The van der Waals surface area contributed by atoms with Crippen LogP contribution in [0.5, 0.6) is 0 Å². The molecule has 148 valence electrons. The molecule has 2 atom stereocenters. The van der Waals surface area contributed by atoms with Crippen molar-refractivity contribution >= 4 is 12.1 Å². The third kappa shape index (κ3) is 10.1. The van der Waals surface area contributed by atoms with Crippen molar-refractivity contribution in [3.63, 3.8) is 0 Å². The molecule has 9 nitrogen and oxygen atoms in total. The van der Waals surface area contributed by atoms with Crippen LogP contribution in [0.4, 0.5) is 4.79 Å². The number of ether oxygens (including phenoxy) is 2. The Bertz CT molecular complexity index is 653. The van der Waals surface area contributed by atoms with E-state index in [-0.39, 0.29) is 26.0 Å². The smallest absolute Gasteiger partial charge is 0.408 e. The quantitative estimate of drug-likeness (QED) is 0.295. The molecular formula is C18H26N4O5. The number of aliphatic hydroxyl groups is 1. The van der Waals surface area contributed by atoms with Crippen molar-refractivity contribution in [3.05, 3.63) is 46.3 Å². The molecule has 0 aliphatic rings. The number of rotatable bonds is 9. The lowest BCUT2D eigenvalue weighted by molar-refractivity contribution is -0.157. The third-order valence-corrected chi connectivity index (χ3v) is 3.34. The van der Waals surface area contributed by atoms with Crippen molar-refractivity contribution in [2.75, 3.05) is 6.54 Å². The van der Waals surface area contributed by atoms with E-state index >= 15 is 0 Å². The number of hydrogen-bond acceptors (Lipinski definition) is 6. The number of azide groups is 1. The molecule has 0 spiro atoms. The van der Waals surface area contributed by atoms with E-state index in [9.17, 15) is 14.7 Å². The molecule has 1 rings (SSSR count). The lowest BCUT2D eigenvalue weighted by atomic mass is 10.1. The van der Waals surface area contributed by atoms with Gasteiger partial charge in [0.1, 0.15) is 18.2 Å². The van der Waals surface area contributed by atoms with Crippen molar-refractivity contribution < 1.29 is 24.2 Å². The maximum absolute atomic E-state index is 12.3. The lowest BCUT2D eigenvalue weighted by Gasteiger charge is -2.25. The number of esters is 1. The number of hydrogen-bond donors (Lipinski definition) is 2. The zero-order valence-corrected chi connectivity index (χ0v) is 15.8. The van der Waals surface area contributed by atoms with Crippen molar-refractivity contribution in [2.24, 2.45) is 5.11 Å². The van der Waals surface area contributed by atoms with Crippen LogP contribution in [0, 0.1) is 0 Å². The molecule has 0 unspecified atom stereocenters. The number of aliphatic hydroxyl groups excluding tert-OH is 1.